The van der Waals surface area contributed by atoms with Crippen LogP contribution in [0.4, 0.5) is 0 Å². The SMILES string of the molecule is CC(Oc1ccc(S(=O)(=O)Cl)cc1Br)C(N)=O. The molecule has 1 atom stereocenters. The van der Waals surface area contributed by atoms with Crippen LogP contribution in [0.15, 0.2) is 27.6 Å². The number of carbonyl (C=O) groups is 1. The van der Waals surface area contributed by atoms with Crippen molar-refractivity contribution in [1.29, 1.82) is 0 Å². The van der Waals surface area contributed by atoms with Crippen molar-refractivity contribution in [3.63, 3.8) is 0 Å². The number of carbonyl (C=O) groups excluding carboxylic acids is 1. The van der Waals surface area contributed by atoms with Gasteiger partial charge in [-0.2, -0.15) is 0 Å². The second kappa shape index (κ2) is 5.24. The number of ether oxygens (including phenoxy) is 1. The molecule has 94 valence electrons. The van der Waals surface area contributed by atoms with Crippen LogP contribution in [0.3, 0.4) is 0 Å². The molecule has 1 rings (SSSR count). The lowest BCUT2D eigenvalue weighted by molar-refractivity contribution is -0.124. The quantitative estimate of drug-likeness (QED) is 0.843. The fourth-order valence-corrected chi connectivity index (χ4v) is 2.38. The number of nitrogens with two attached hydrogens (primary N) is 1. The van der Waals surface area contributed by atoms with Crippen LogP contribution in [-0.2, 0) is 13.8 Å². The minimum absolute atomic E-state index is 0.0647. The third-order valence-electron chi connectivity index (χ3n) is 1.89. The Hall–Kier alpha value is -0.790. The van der Waals surface area contributed by atoms with Crippen molar-refractivity contribution >= 4 is 41.6 Å². The second-order valence-corrected chi connectivity index (χ2v) is 6.61. The van der Waals surface area contributed by atoms with E-state index in [1.165, 1.54) is 25.1 Å². The topological polar surface area (TPSA) is 86.5 Å². The summed E-state index contributed by atoms with van der Waals surface area (Å²) in [5, 5.41) is 0. The van der Waals surface area contributed by atoms with Gasteiger partial charge in [-0.1, -0.05) is 0 Å². The molecule has 0 bridgehead atoms. The largest absolute Gasteiger partial charge is 0.480 e. The maximum absolute atomic E-state index is 11.1. The molecule has 0 fully saturated rings. The van der Waals surface area contributed by atoms with E-state index in [0.717, 1.165) is 0 Å². The number of hydrogen-bond donors (Lipinski definition) is 1. The number of rotatable bonds is 4. The monoisotopic (exact) mass is 341 g/mol. The van der Waals surface area contributed by atoms with Crippen molar-refractivity contribution in [2.75, 3.05) is 0 Å². The molecular formula is C9H9BrClNO4S. The molecule has 8 heteroatoms. The zero-order chi connectivity index (χ0) is 13.2. The molecule has 1 unspecified atom stereocenters. The number of hydrogen-bond acceptors (Lipinski definition) is 4. The summed E-state index contributed by atoms with van der Waals surface area (Å²) in [6.45, 7) is 1.49. The van der Waals surface area contributed by atoms with Gasteiger partial charge in [-0.3, -0.25) is 4.79 Å². The summed E-state index contributed by atoms with van der Waals surface area (Å²) < 4.78 is 27.7. The lowest BCUT2D eigenvalue weighted by Gasteiger charge is -2.12. The van der Waals surface area contributed by atoms with E-state index in [4.69, 9.17) is 21.2 Å². The van der Waals surface area contributed by atoms with E-state index in [0.29, 0.717) is 10.2 Å². The van der Waals surface area contributed by atoms with Gasteiger partial charge in [-0.05, 0) is 41.1 Å². The molecule has 0 heterocycles. The summed E-state index contributed by atoms with van der Waals surface area (Å²) in [5.74, 6) is -0.314. The van der Waals surface area contributed by atoms with E-state index in [-0.39, 0.29) is 4.90 Å². The highest BCUT2D eigenvalue weighted by Crippen LogP contribution is 2.29. The first-order valence-electron chi connectivity index (χ1n) is 4.42. The summed E-state index contributed by atoms with van der Waals surface area (Å²) in [4.78, 5) is 10.7. The van der Waals surface area contributed by atoms with Gasteiger partial charge < -0.3 is 10.5 Å². The van der Waals surface area contributed by atoms with Crippen LogP contribution >= 0.6 is 26.6 Å². The van der Waals surface area contributed by atoms with Crippen molar-refractivity contribution in [2.24, 2.45) is 5.73 Å². The fourth-order valence-electron chi connectivity index (χ4n) is 0.977. The Morgan fingerprint density at radius 3 is 2.53 bits per heavy atom. The van der Waals surface area contributed by atoms with Gasteiger partial charge in [-0.25, -0.2) is 8.42 Å². The van der Waals surface area contributed by atoms with Gasteiger partial charge in [0, 0.05) is 10.7 Å². The third-order valence-corrected chi connectivity index (χ3v) is 3.86. The zero-order valence-corrected chi connectivity index (χ0v) is 11.8. The fraction of sp³-hybridized carbons (Fsp3) is 0.222. The molecule has 1 aromatic carbocycles. The van der Waals surface area contributed by atoms with Crippen LogP contribution in [0, 0.1) is 0 Å². The van der Waals surface area contributed by atoms with Gasteiger partial charge in [0.1, 0.15) is 5.75 Å². The van der Waals surface area contributed by atoms with E-state index in [1.807, 2.05) is 0 Å². The van der Waals surface area contributed by atoms with E-state index < -0.39 is 21.1 Å². The molecule has 0 aromatic heterocycles. The van der Waals surface area contributed by atoms with Crippen LogP contribution in [0.1, 0.15) is 6.92 Å². The number of benzene rings is 1. The summed E-state index contributed by atoms with van der Waals surface area (Å²) in [6.07, 6.45) is -0.815. The van der Waals surface area contributed by atoms with E-state index in [2.05, 4.69) is 15.9 Å². The molecule has 1 amide bonds. The molecule has 17 heavy (non-hydrogen) atoms. The predicted molar refractivity (Wildman–Crippen MR) is 66.5 cm³/mol. The van der Waals surface area contributed by atoms with Crippen molar-refractivity contribution in [3.05, 3.63) is 22.7 Å². The van der Waals surface area contributed by atoms with Gasteiger partial charge in [0.2, 0.25) is 0 Å². The minimum atomic E-state index is -3.79. The Kier molecular flexibility index (Phi) is 4.40. The van der Waals surface area contributed by atoms with Crippen LogP contribution in [0.2, 0.25) is 0 Å². The molecule has 0 aliphatic carbocycles. The molecular weight excluding hydrogens is 334 g/mol. The van der Waals surface area contributed by atoms with Crippen LogP contribution in [0.5, 0.6) is 5.75 Å². The lowest BCUT2D eigenvalue weighted by atomic mass is 10.3. The Morgan fingerprint density at radius 1 is 1.53 bits per heavy atom. The van der Waals surface area contributed by atoms with Crippen molar-refractivity contribution < 1.29 is 17.9 Å². The average molecular weight is 343 g/mol. The van der Waals surface area contributed by atoms with Gasteiger partial charge in [0.15, 0.2) is 6.10 Å². The lowest BCUT2D eigenvalue weighted by Crippen LogP contribution is -2.30. The Balaban J connectivity index is 3.03. The van der Waals surface area contributed by atoms with E-state index >= 15 is 0 Å². The molecule has 0 spiro atoms. The number of amides is 1. The van der Waals surface area contributed by atoms with Crippen molar-refractivity contribution in [2.45, 2.75) is 17.9 Å². The molecule has 0 saturated heterocycles. The first-order chi connectivity index (χ1) is 7.71. The number of halogens is 2. The first kappa shape index (κ1) is 14.3. The van der Waals surface area contributed by atoms with Gasteiger partial charge in [0.25, 0.3) is 15.0 Å². The molecule has 0 aliphatic rings. The highest BCUT2D eigenvalue weighted by molar-refractivity contribution is 9.10. The molecule has 0 saturated carbocycles. The second-order valence-electron chi connectivity index (χ2n) is 3.19. The van der Waals surface area contributed by atoms with Crippen molar-refractivity contribution in [1.82, 2.24) is 0 Å². The first-order valence-corrected chi connectivity index (χ1v) is 7.52. The summed E-state index contributed by atoms with van der Waals surface area (Å²) in [5.41, 5.74) is 5.04. The third kappa shape index (κ3) is 3.86. The van der Waals surface area contributed by atoms with Gasteiger partial charge >= 0.3 is 0 Å². The van der Waals surface area contributed by atoms with Crippen LogP contribution in [-0.4, -0.2) is 20.4 Å². The zero-order valence-electron chi connectivity index (χ0n) is 8.68. The van der Waals surface area contributed by atoms with Gasteiger partial charge in [0.05, 0.1) is 9.37 Å². The Morgan fingerprint density at radius 2 is 2.12 bits per heavy atom. The number of primary amides is 1. The normalized spacial score (nSPS) is 13.1. The van der Waals surface area contributed by atoms with Crippen LogP contribution in [0.25, 0.3) is 0 Å². The summed E-state index contributed by atoms with van der Waals surface area (Å²) in [6, 6.07) is 3.94. The Bertz CT molecular complexity index is 546. The maximum atomic E-state index is 11.1. The highest BCUT2D eigenvalue weighted by atomic mass is 79.9. The summed E-state index contributed by atoms with van der Waals surface area (Å²) in [7, 11) is 1.38. The molecule has 1 aromatic rings. The van der Waals surface area contributed by atoms with E-state index in [9.17, 15) is 13.2 Å². The average Bonchev–Trinajstić information content (AvgIpc) is 2.19. The minimum Gasteiger partial charge on any atom is -0.480 e. The van der Waals surface area contributed by atoms with Gasteiger partial charge in [-0.15, -0.1) is 0 Å². The molecule has 5 nitrogen and oxygen atoms in total. The molecule has 0 aliphatic heterocycles. The highest BCUT2D eigenvalue weighted by Gasteiger charge is 2.15. The summed E-state index contributed by atoms with van der Waals surface area (Å²) >= 11 is 3.12. The Labute approximate surface area is 111 Å². The van der Waals surface area contributed by atoms with Crippen LogP contribution < -0.4 is 10.5 Å². The smallest absolute Gasteiger partial charge is 0.261 e. The van der Waals surface area contributed by atoms with Crippen molar-refractivity contribution in [3.8, 4) is 5.75 Å². The predicted octanol–water partition coefficient (Wildman–Crippen LogP) is 1.63. The molecule has 0 radical (unpaired) electrons. The molecule has 2 N–H and O–H groups in total. The maximum Gasteiger partial charge on any atom is 0.261 e. The van der Waals surface area contributed by atoms with E-state index in [1.54, 1.807) is 0 Å². The standard InChI is InChI=1S/C9H9BrClNO4S/c1-5(9(12)13)16-8-3-2-6(4-7(8)10)17(11,14)15/h2-5H,1H3,(H2,12,13).